The van der Waals surface area contributed by atoms with Crippen LogP contribution in [0.15, 0.2) is 34.9 Å². The minimum Gasteiger partial charge on any atom is -0.469 e. The SMILES string of the molecule is Cc1cc(N(C)Cc2ccoc2C)ccc1CO. The third-order valence-electron chi connectivity index (χ3n) is 3.31. The standard InChI is InChI=1S/C15H19NO2/c1-11-8-15(5-4-14(11)10-17)16(3)9-13-6-7-18-12(13)2/h4-8,17H,9-10H2,1-3H3. The van der Waals surface area contributed by atoms with Crippen LogP contribution < -0.4 is 4.90 Å². The Labute approximate surface area is 108 Å². The Bertz CT molecular complexity index is 531. The molecule has 0 amide bonds. The van der Waals surface area contributed by atoms with Crippen LogP contribution in [0.1, 0.15) is 22.5 Å². The van der Waals surface area contributed by atoms with Crippen molar-refractivity contribution in [1.29, 1.82) is 0 Å². The summed E-state index contributed by atoms with van der Waals surface area (Å²) in [5, 5.41) is 9.17. The van der Waals surface area contributed by atoms with Crippen molar-refractivity contribution < 1.29 is 9.52 Å². The fourth-order valence-electron chi connectivity index (χ4n) is 2.02. The van der Waals surface area contributed by atoms with E-state index in [2.05, 4.69) is 18.0 Å². The van der Waals surface area contributed by atoms with Crippen molar-refractivity contribution in [2.75, 3.05) is 11.9 Å². The van der Waals surface area contributed by atoms with Gasteiger partial charge < -0.3 is 14.4 Å². The van der Waals surface area contributed by atoms with Gasteiger partial charge in [0.25, 0.3) is 0 Å². The fraction of sp³-hybridized carbons (Fsp3) is 0.333. The van der Waals surface area contributed by atoms with Crippen LogP contribution in [0.3, 0.4) is 0 Å². The summed E-state index contributed by atoms with van der Waals surface area (Å²) in [6.45, 7) is 4.91. The van der Waals surface area contributed by atoms with E-state index in [0.717, 1.165) is 29.1 Å². The van der Waals surface area contributed by atoms with Crippen LogP contribution in [0.4, 0.5) is 5.69 Å². The number of furan rings is 1. The van der Waals surface area contributed by atoms with E-state index in [1.165, 1.54) is 5.56 Å². The minimum absolute atomic E-state index is 0.0939. The first-order chi connectivity index (χ1) is 8.61. The smallest absolute Gasteiger partial charge is 0.105 e. The van der Waals surface area contributed by atoms with Crippen molar-refractivity contribution in [3.8, 4) is 0 Å². The van der Waals surface area contributed by atoms with Gasteiger partial charge in [0.2, 0.25) is 0 Å². The van der Waals surface area contributed by atoms with Gasteiger partial charge in [0, 0.05) is 24.8 Å². The average Bonchev–Trinajstić information content (AvgIpc) is 2.75. The highest BCUT2D eigenvalue weighted by atomic mass is 16.3. The molecule has 0 fully saturated rings. The monoisotopic (exact) mass is 245 g/mol. The third kappa shape index (κ3) is 2.57. The lowest BCUT2D eigenvalue weighted by Gasteiger charge is -2.20. The quantitative estimate of drug-likeness (QED) is 0.899. The molecule has 2 aromatic rings. The fourth-order valence-corrected chi connectivity index (χ4v) is 2.02. The topological polar surface area (TPSA) is 36.6 Å². The summed E-state index contributed by atoms with van der Waals surface area (Å²) in [5.74, 6) is 0.963. The molecular formula is C15H19NO2. The first-order valence-corrected chi connectivity index (χ1v) is 6.06. The summed E-state index contributed by atoms with van der Waals surface area (Å²) in [4.78, 5) is 2.17. The first kappa shape index (κ1) is 12.7. The minimum atomic E-state index is 0.0939. The Kier molecular flexibility index (Phi) is 3.72. The lowest BCUT2D eigenvalue weighted by Crippen LogP contribution is -2.16. The lowest BCUT2D eigenvalue weighted by molar-refractivity contribution is 0.281. The predicted molar refractivity (Wildman–Crippen MR) is 72.7 cm³/mol. The maximum atomic E-state index is 9.17. The molecule has 0 saturated heterocycles. The molecule has 0 aliphatic heterocycles. The zero-order valence-corrected chi connectivity index (χ0v) is 11.1. The van der Waals surface area contributed by atoms with Gasteiger partial charge in [-0.25, -0.2) is 0 Å². The molecule has 0 unspecified atom stereocenters. The highest BCUT2D eigenvalue weighted by Gasteiger charge is 2.07. The molecule has 0 aliphatic carbocycles. The van der Waals surface area contributed by atoms with Crippen LogP contribution in [0.5, 0.6) is 0 Å². The van der Waals surface area contributed by atoms with E-state index < -0.39 is 0 Å². The molecule has 3 nitrogen and oxygen atoms in total. The molecule has 0 aliphatic rings. The maximum Gasteiger partial charge on any atom is 0.105 e. The van der Waals surface area contributed by atoms with Gasteiger partial charge in [-0.3, -0.25) is 0 Å². The largest absolute Gasteiger partial charge is 0.469 e. The number of benzene rings is 1. The molecule has 0 atom stereocenters. The summed E-state index contributed by atoms with van der Waals surface area (Å²) in [5.41, 5.74) is 4.43. The highest BCUT2D eigenvalue weighted by molar-refractivity contribution is 5.50. The van der Waals surface area contributed by atoms with Crippen molar-refractivity contribution in [2.45, 2.75) is 27.0 Å². The molecular weight excluding hydrogens is 226 g/mol. The number of nitrogens with zero attached hydrogens (tertiary/aromatic N) is 1. The zero-order valence-electron chi connectivity index (χ0n) is 11.1. The van der Waals surface area contributed by atoms with E-state index in [-0.39, 0.29) is 6.61 Å². The summed E-state index contributed by atoms with van der Waals surface area (Å²) < 4.78 is 5.30. The Morgan fingerprint density at radius 3 is 2.50 bits per heavy atom. The molecule has 2 rings (SSSR count). The zero-order chi connectivity index (χ0) is 13.1. The number of aryl methyl sites for hydroxylation is 2. The molecule has 96 valence electrons. The van der Waals surface area contributed by atoms with Gasteiger partial charge >= 0.3 is 0 Å². The summed E-state index contributed by atoms with van der Waals surface area (Å²) in [6, 6.07) is 8.11. The molecule has 0 spiro atoms. The van der Waals surface area contributed by atoms with Gasteiger partial charge in [-0.2, -0.15) is 0 Å². The number of hydrogen-bond acceptors (Lipinski definition) is 3. The number of aliphatic hydroxyl groups is 1. The number of aliphatic hydroxyl groups excluding tert-OH is 1. The molecule has 1 N–H and O–H groups in total. The van der Waals surface area contributed by atoms with Crippen LogP contribution in [0.2, 0.25) is 0 Å². The van der Waals surface area contributed by atoms with Crippen LogP contribution in [-0.4, -0.2) is 12.2 Å². The van der Waals surface area contributed by atoms with Gasteiger partial charge in [0.1, 0.15) is 5.76 Å². The summed E-state index contributed by atoms with van der Waals surface area (Å²) in [7, 11) is 2.06. The van der Waals surface area contributed by atoms with Crippen molar-refractivity contribution in [3.05, 3.63) is 53.0 Å². The van der Waals surface area contributed by atoms with Crippen molar-refractivity contribution in [2.24, 2.45) is 0 Å². The molecule has 18 heavy (non-hydrogen) atoms. The first-order valence-electron chi connectivity index (χ1n) is 6.06. The Hall–Kier alpha value is -1.74. The van der Waals surface area contributed by atoms with Crippen LogP contribution >= 0.6 is 0 Å². The Morgan fingerprint density at radius 1 is 1.17 bits per heavy atom. The van der Waals surface area contributed by atoms with E-state index in [0.29, 0.717) is 0 Å². The van der Waals surface area contributed by atoms with E-state index in [1.807, 2.05) is 32.0 Å². The predicted octanol–water partition coefficient (Wildman–Crippen LogP) is 3.03. The number of anilines is 1. The number of rotatable bonds is 4. The Balaban J connectivity index is 2.16. The van der Waals surface area contributed by atoms with Crippen LogP contribution in [0.25, 0.3) is 0 Å². The van der Waals surface area contributed by atoms with Gasteiger partial charge in [-0.05, 0) is 43.2 Å². The second-order valence-electron chi connectivity index (χ2n) is 4.63. The second kappa shape index (κ2) is 5.27. The van der Waals surface area contributed by atoms with Gasteiger partial charge in [-0.1, -0.05) is 6.07 Å². The summed E-state index contributed by atoms with van der Waals surface area (Å²) in [6.07, 6.45) is 1.72. The molecule has 3 heteroatoms. The van der Waals surface area contributed by atoms with Gasteiger partial charge in [-0.15, -0.1) is 0 Å². The summed E-state index contributed by atoms with van der Waals surface area (Å²) >= 11 is 0. The van der Waals surface area contributed by atoms with E-state index >= 15 is 0 Å². The van der Waals surface area contributed by atoms with Crippen LogP contribution in [0, 0.1) is 13.8 Å². The average molecular weight is 245 g/mol. The van der Waals surface area contributed by atoms with Gasteiger partial charge in [0.05, 0.1) is 12.9 Å². The molecule has 1 aromatic heterocycles. The maximum absolute atomic E-state index is 9.17. The molecule has 0 bridgehead atoms. The van der Waals surface area contributed by atoms with Crippen molar-refractivity contribution in [3.63, 3.8) is 0 Å². The van der Waals surface area contributed by atoms with E-state index in [1.54, 1.807) is 6.26 Å². The third-order valence-corrected chi connectivity index (χ3v) is 3.31. The molecule has 0 saturated carbocycles. The van der Waals surface area contributed by atoms with E-state index in [9.17, 15) is 0 Å². The highest BCUT2D eigenvalue weighted by Crippen LogP contribution is 2.21. The normalized spacial score (nSPS) is 10.7. The second-order valence-corrected chi connectivity index (χ2v) is 4.63. The van der Waals surface area contributed by atoms with Crippen molar-refractivity contribution >= 4 is 5.69 Å². The molecule has 0 radical (unpaired) electrons. The number of hydrogen-bond donors (Lipinski definition) is 1. The lowest BCUT2D eigenvalue weighted by atomic mass is 10.1. The van der Waals surface area contributed by atoms with Gasteiger partial charge in [0.15, 0.2) is 0 Å². The molecule has 1 aromatic carbocycles. The Morgan fingerprint density at radius 2 is 1.94 bits per heavy atom. The molecule has 1 heterocycles. The van der Waals surface area contributed by atoms with E-state index in [4.69, 9.17) is 9.52 Å². The van der Waals surface area contributed by atoms with Crippen LogP contribution in [-0.2, 0) is 13.2 Å². The van der Waals surface area contributed by atoms with Crippen molar-refractivity contribution in [1.82, 2.24) is 0 Å².